The normalized spacial score (nSPS) is 10.7. The molecule has 0 saturated heterocycles. The number of methoxy groups -OCH3 is 1. The van der Waals surface area contributed by atoms with Crippen molar-refractivity contribution in [2.24, 2.45) is 5.10 Å². The Morgan fingerprint density at radius 1 is 1.11 bits per heavy atom. The summed E-state index contributed by atoms with van der Waals surface area (Å²) in [7, 11) is 1.59. The number of hydrogen-bond donors (Lipinski definition) is 1. The van der Waals surface area contributed by atoms with Crippen LogP contribution in [0.2, 0.25) is 0 Å². The Bertz CT molecular complexity index is 796. The molecular weight excluding hydrogens is 424 g/mol. The summed E-state index contributed by atoms with van der Waals surface area (Å²) in [5.74, 6) is 1.57. The van der Waals surface area contributed by atoms with E-state index in [1.807, 2.05) is 36.4 Å². The first-order valence-electron chi connectivity index (χ1n) is 9.14. The first-order chi connectivity index (χ1) is 13.6. The van der Waals surface area contributed by atoms with Gasteiger partial charge in [0.2, 0.25) is 0 Å². The van der Waals surface area contributed by atoms with Gasteiger partial charge in [-0.15, -0.1) is 0 Å². The van der Waals surface area contributed by atoms with Gasteiger partial charge in [0.15, 0.2) is 18.1 Å². The smallest absolute Gasteiger partial charge is 0.277 e. The maximum absolute atomic E-state index is 11.9. The van der Waals surface area contributed by atoms with Crippen LogP contribution in [0, 0.1) is 0 Å². The molecule has 0 aliphatic heterocycles. The van der Waals surface area contributed by atoms with Crippen LogP contribution in [0.3, 0.4) is 0 Å². The second kappa shape index (κ2) is 12.0. The molecule has 0 aliphatic rings. The van der Waals surface area contributed by atoms with Crippen molar-refractivity contribution in [1.82, 2.24) is 5.43 Å². The minimum Gasteiger partial charge on any atom is -0.493 e. The molecule has 0 aliphatic carbocycles. The highest BCUT2D eigenvalue weighted by Crippen LogP contribution is 2.28. The third kappa shape index (κ3) is 7.23. The number of hydrazone groups is 1. The molecule has 2 aromatic rings. The molecule has 2 aromatic carbocycles. The molecule has 0 spiro atoms. The Kier molecular flexibility index (Phi) is 9.34. The highest BCUT2D eigenvalue weighted by Gasteiger charge is 2.06. The zero-order valence-corrected chi connectivity index (χ0v) is 17.7. The van der Waals surface area contributed by atoms with Gasteiger partial charge in [0.25, 0.3) is 5.91 Å². The van der Waals surface area contributed by atoms with Gasteiger partial charge < -0.3 is 14.2 Å². The molecule has 6 nitrogen and oxygen atoms in total. The zero-order chi connectivity index (χ0) is 20.2. The van der Waals surface area contributed by atoms with Crippen molar-refractivity contribution in [2.45, 2.75) is 26.2 Å². The average molecular weight is 449 g/mol. The maximum Gasteiger partial charge on any atom is 0.277 e. The lowest BCUT2D eigenvalue weighted by Crippen LogP contribution is -2.24. The van der Waals surface area contributed by atoms with Crippen LogP contribution in [-0.4, -0.2) is 32.4 Å². The van der Waals surface area contributed by atoms with Crippen molar-refractivity contribution < 1.29 is 19.0 Å². The molecule has 1 N–H and O–H groups in total. The van der Waals surface area contributed by atoms with Crippen molar-refractivity contribution in [3.8, 4) is 17.2 Å². The van der Waals surface area contributed by atoms with E-state index in [4.69, 9.17) is 14.2 Å². The van der Waals surface area contributed by atoms with E-state index in [9.17, 15) is 4.79 Å². The number of carbonyl (C=O) groups excluding carboxylic acids is 1. The zero-order valence-electron chi connectivity index (χ0n) is 16.1. The lowest BCUT2D eigenvalue weighted by atomic mass is 10.2. The molecule has 0 atom stereocenters. The average Bonchev–Trinajstić information content (AvgIpc) is 2.71. The van der Waals surface area contributed by atoms with Crippen molar-refractivity contribution >= 4 is 28.1 Å². The van der Waals surface area contributed by atoms with Gasteiger partial charge in [0.05, 0.1) is 24.4 Å². The molecule has 0 fully saturated rings. The van der Waals surface area contributed by atoms with E-state index in [1.54, 1.807) is 19.4 Å². The van der Waals surface area contributed by atoms with Gasteiger partial charge in [-0.25, -0.2) is 5.43 Å². The number of nitrogens with zero attached hydrogens (tertiary/aromatic N) is 1. The van der Waals surface area contributed by atoms with Crippen molar-refractivity contribution in [3.63, 3.8) is 0 Å². The highest BCUT2D eigenvalue weighted by atomic mass is 79.9. The van der Waals surface area contributed by atoms with Gasteiger partial charge in [0, 0.05) is 0 Å². The van der Waals surface area contributed by atoms with Crippen LogP contribution in [0.4, 0.5) is 0 Å². The number of unbranched alkanes of at least 4 members (excludes halogenated alkanes) is 2. The third-order valence-electron chi connectivity index (χ3n) is 3.79. The van der Waals surface area contributed by atoms with Crippen LogP contribution in [0.25, 0.3) is 0 Å². The molecule has 0 heterocycles. The van der Waals surface area contributed by atoms with E-state index < -0.39 is 0 Å². The number of rotatable bonds is 11. The summed E-state index contributed by atoms with van der Waals surface area (Å²) in [5, 5.41) is 3.96. The lowest BCUT2D eigenvalue weighted by Gasteiger charge is -2.11. The molecule has 0 aromatic heterocycles. The fourth-order valence-corrected chi connectivity index (χ4v) is 2.73. The van der Waals surface area contributed by atoms with Crippen LogP contribution < -0.4 is 19.6 Å². The van der Waals surface area contributed by atoms with Crippen LogP contribution in [-0.2, 0) is 4.79 Å². The van der Waals surface area contributed by atoms with Crippen LogP contribution >= 0.6 is 15.9 Å². The van der Waals surface area contributed by atoms with Gasteiger partial charge in [-0.1, -0.05) is 31.9 Å². The third-order valence-corrected chi connectivity index (χ3v) is 4.45. The Labute approximate surface area is 174 Å². The number of hydrogen-bond acceptors (Lipinski definition) is 5. The second-order valence-corrected chi connectivity index (χ2v) is 6.83. The van der Waals surface area contributed by atoms with Crippen LogP contribution in [0.5, 0.6) is 17.2 Å². The van der Waals surface area contributed by atoms with Gasteiger partial charge >= 0.3 is 0 Å². The summed E-state index contributed by atoms with van der Waals surface area (Å²) in [6.45, 7) is 2.68. The van der Waals surface area contributed by atoms with Gasteiger partial charge in [0.1, 0.15) is 5.75 Å². The number of para-hydroxylation sites is 1. The summed E-state index contributed by atoms with van der Waals surface area (Å²) < 4.78 is 17.3. The first-order valence-corrected chi connectivity index (χ1v) is 9.93. The van der Waals surface area contributed by atoms with Gasteiger partial charge in [-0.2, -0.15) is 5.10 Å². The number of amides is 1. The molecule has 28 heavy (non-hydrogen) atoms. The molecule has 2 rings (SSSR count). The predicted octanol–water partition coefficient (Wildman–Crippen LogP) is 4.56. The van der Waals surface area contributed by atoms with Crippen LogP contribution in [0.1, 0.15) is 31.7 Å². The number of benzene rings is 2. The van der Waals surface area contributed by atoms with Crippen molar-refractivity contribution in [3.05, 3.63) is 52.5 Å². The molecule has 150 valence electrons. The summed E-state index contributed by atoms with van der Waals surface area (Å²) in [4.78, 5) is 11.9. The molecule has 0 radical (unpaired) electrons. The summed E-state index contributed by atoms with van der Waals surface area (Å²) in [6, 6.07) is 12.8. The molecule has 0 unspecified atom stereocenters. The summed E-state index contributed by atoms with van der Waals surface area (Å²) in [6.07, 6.45) is 4.84. The van der Waals surface area contributed by atoms with E-state index >= 15 is 0 Å². The van der Waals surface area contributed by atoms with E-state index in [-0.39, 0.29) is 12.5 Å². The Hall–Kier alpha value is -2.54. The SMILES string of the molecule is CCCCCOc1ccc(/C=N/NC(=O)COc2ccccc2Br)cc1OC. The number of nitrogens with one attached hydrogen (secondary N) is 1. The fourth-order valence-electron chi connectivity index (χ4n) is 2.33. The number of ether oxygens (including phenoxy) is 3. The van der Waals surface area contributed by atoms with Gasteiger partial charge in [-0.3, -0.25) is 4.79 Å². The summed E-state index contributed by atoms with van der Waals surface area (Å²) in [5.41, 5.74) is 3.22. The van der Waals surface area contributed by atoms with E-state index in [2.05, 4.69) is 33.4 Å². The second-order valence-electron chi connectivity index (χ2n) is 5.98. The Balaban J connectivity index is 1.84. The van der Waals surface area contributed by atoms with Crippen molar-refractivity contribution in [1.29, 1.82) is 0 Å². The van der Waals surface area contributed by atoms with Gasteiger partial charge in [-0.05, 0) is 58.2 Å². The standard InChI is InChI=1S/C21H25BrN2O4/c1-3-4-7-12-27-19-11-10-16(13-20(19)26-2)14-23-24-21(25)15-28-18-9-6-5-8-17(18)22/h5-6,8-11,13-14H,3-4,7,12,15H2,1-2H3,(H,24,25)/b23-14+. The van der Waals surface area contributed by atoms with Crippen LogP contribution in [0.15, 0.2) is 52.0 Å². The van der Waals surface area contributed by atoms with E-state index in [1.165, 1.54) is 0 Å². The van der Waals surface area contributed by atoms with E-state index in [0.717, 1.165) is 29.3 Å². The molecule has 7 heteroatoms. The minimum atomic E-state index is -0.352. The fraction of sp³-hybridized carbons (Fsp3) is 0.333. The molecule has 0 saturated carbocycles. The van der Waals surface area contributed by atoms with Crippen molar-refractivity contribution in [2.75, 3.05) is 20.3 Å². The molecule has 1 amide bonds. The Morgan fingerprint density at radius 2 is 1.93 bits per heavy atom. The number of carbonyl (C=O) groups is 1. The molecular formula is C21H25BrN2O4. The quantitative estimate of drug-likeness (QED) is 0.310. The minimum absolute atomic E-state index is 0.131. The monoisotopic (exact) mass is 448 g/mol. The predicted molar refractivity (Wildman–Crippen MR) is 113 cm³/mol. The molecule has 0 bridgehead atoms. The largest absolute Gasteiger partial charge is 0.493 e. The number of halogens is 1. The first kappa shape index (κ1) is 21.8. The topological polar surface area (TPSA) is 69.2 Å². The Morgan fingerprint density at radius 3 is 2.68 bits per heavy atom. The summed E-state index contributed by atoms with van der Waals surface area (Å²) >= 11 is 3.36. The maximum atomic E-state index is 11.9. The van der Waals surface area contributed by atoms with E-state index in [0.29, 0.717) is 23.9 Å². The highest BCUT2D eigenvalue weighted by molar-refractivity contribution is 9.10. The lowest BCUT2D eigenvalue weighted by molar-refractivity contribution is -0.123.